The number of nitrogens with one attached hydrogen (secondary N) is 3. The molecule has 0 aliphatic carbocycles. The summed E-state index contributed by atoms with van der Waals surface area (Å²) in [5.74, 6) is 1.32. The Morgan fingerprint density at radius 3 is 2.58 bits per heavy atom. The molecule has 3 N–H and O–H groups in total. The minimum atomic E-state index is -0.126. The molecule has 3 fully saturated rings. The summed E-state index contributed by atoms with van der Waals surface area (Å²) in [5, 5.41) is 7.80. The highest BCUT2D eigenvalue weighted by atomic mass is 32.1. The van der Waals surface area contributed by atoms with Crippen molar-refractivity contribution >= 4 is 39.0 Å². The average molecular weight is 528 g/mol. The van der Waals surface area contributed by atoms with Crippen molar-refractivity contribution in [3.63, 3.8) is 0 Å². The molecule has 9 heteroatoms. The molecule has 3 aliphatic rings. The van der Waals surface area contributed by atoms with E-state index in [1.165, 1.54) is 5.69 Å². The molecule has 0 amide bonds. The first-order valence-electron chi connectivity index (χ1n) is 13.7. The molecule has 0 saturated carbocycles. The van der Waals surface area contributed by atoms with Crippen molar-refractivity contribution in [2.24, 2.45) is 5.41 Å². The van der Waals surface area contributed by atoms with Crippen LogP contribution in [-0.2, 0) is 0 Å². The predicted octanol–water partition coefficient (Wildman–Crippen LogP) is 4.32. The zero-order valence-electron chi connectivity index (χ0n) is 21.4. The van der Waals surface area contributed by atoms with E-state index in [4.69, 9.17) is 9.97 Å². The summed E-state index contributed by atoms with van der Waals surface area (Å²) >= 11 is 1.55. The number of anilines is 3. The average Bonchev–Trinajstić information content (AvgIpc) is 3.68. The SMILES string of the molecule is O=c1[nH]c(N2CCC3(CCN(c4ccccc4)C3)C2)nc(N[C@@H]2CCCNC2)c1-c1nc2ccccc2s1. The van der Waals surface area contributed by atoms with Crippen LogP contribution in [0.4, 0.5) is 17.5 Å². The Bertz CT molecular complexity index is 1460. The van der Waals surface area contributed by atoms with E-state index >= 15 is 0 Å². The van der Waals surface area contributed by atoms with E-state index in [0.717, 1.165) is 75.2 Å². The lowest BCUT2D eigenvalue weighted by molar-refractivity contribution is 0.373. The Balaban J connectivity index is 1.20. The van der Waals surface area contributed by atoms with E-state index in [1.54, 1.807) is 11.3 Å². The lowest BCUT2D eigenvalue weighted by atomic mass is 9.86. The molecule has 1 spiro atoms. The Morgan fingerprint density at radius 1 is 0.974 bits per heavy atom. The van der Waals surface area contributed by atoms with E-state index in [0.29, 0.717) is 22.3 Å². The third-order valence-corrected chi connectivity index (χ3v) is 9.40. The smallest absolute Gasteiger partial charge is 0.264 e. The van der Waals surface area contributed by atoms with Gasteiger partial charge < -0.3 is 20.4 Å². The molecule has 196 valence electrons. The molecule has 0 bridgehead atoms. The van der Waals surface area contributed by atoms with Gasteiger partial charge in [0.25, 0.3) is 5.56 Å². The van der Waals surface area contributed by atoms with Crippen LogP contribution in [0.3, 0.4) is 0 Å². The number of piperidine rings is 1. The fraction of sp³-hybridized carbons (Fsp3) is 0.414. The van der Waals surface area contributed by atoms with Gasteiger partial charge in [-0.15, -0.1) is 11.3 Å². The number of benzene rings is 2. The van der Waals surface area contributed by atoms with Crippen LogP contribution in [0.15, 0.2) is 59.4 Å². The van der Waals surface area contributed by atoms with Crippen LogP contribution in [0.2, 0.25) is 0 Å². The second kappa shape index (κ2) is 9.71. The molecule has 2 atom stereocenters. The minimum absolute atomic E-state index is 0.126. The van der Waals surface area contributed by atoms with Crippen molar-refractivity contribution in [1.82, 2.24) is 20.3 Å². The van der Waals surface area contributed by atoms with E-state index < -0.39 is 0 Å². The Morgan fingerprint density at radius 2 is 1.76 bits per heavy atom. The quantitative estimate of drug-likeness (QED) is 0.356. The van der Waals surface area contributed by atoms with E-state index in [-0.39, 0.29) is 17.0 Å². The van der Waals surface area contributed by atoms with Crippen molar-refractivity contribution in [2.45, 2.75) is 31.7 Å². The minimum Gasteiger partial charge on any atom is -0.371 e. The highest BCUT2D eigenvalue weighted by molar-refractivity contribution is 7.21. The molecule has 8 nitrogen and oxygen atoms in total. The molecular formula is C29H33N7OS. The highest BCUT2D eigenvalue weighted by Crippen LogP contribution is 2.42. The number of rotatable bonds is 5. The number of aromatic nitrogens is 3. The van der Waals surface area contributed by atoms with Crippen molar-refractivity contribution in [1.29, 1.82) is 0 Å². The normalized spacial score (nSPS) is 23.5. The van der Waals surface area contributed by atoms with E-state index in [9.17, 15) is 4.79 Å². The van der Waals surface area contributed by atoms with Gasteiger partial charge in [0.05, 0.1) is 10.2 Å². The first-order chi connectivity index (χ1) is 18.7. The van der Waals surface area contributed by atoms with Crippen LogP contribution in [0, 0.1) is 5.41 Å². The number of nitrogens with zero attached hydrogens (tertiary/aromatic N) is 4. The summed E-state index contributed by atoms with van der Waals surface area (Å²) in [6.07, 6.45) is 4.43. The number of hydrogen-bond acceptors (Lipinski definition) is 8. The number of aromatic amines is 1. The standard InChI is InChI=1S/C29H33N7OS/c37-26-24(27-32-22-10-4-5-11-23(22)38-27)25(31-20-7-6-14-30-17-20)33-28(34-26)36-16-13-29(19-36)12-15-35(18-29)21-8-2-1-3-9-21/h1-5,8-11,20,30H,6-7,12-19H2,(H2,31,33,34,37)/t20-,29?/m1/s1. The zero-order valence-corrected chi connectivity index (χ0v) is 22.3. The van der Waals surface area contributed by atoms with Gasteiger partial charge in [-0.25, -0.2) is 4.98 Å². The molecule has 4 aromatic rings. The van der Waals surface area contributed by atoms with Crippen LogP contribution in [0.25, 0.3) is 20.8 Å². The van der Waals surface area contributed by atoms with Crippen LogP contribution in [0.1, 0.15) is 25.7 Å². The molecular weight excluding hydrogens is 494 g/mol. The summed E-state index contributed by atoms with van der Waals surface area (Å²) in [6.45, 7) is 5.82. The van der Waals surface area contributed by atoms with Gasteiger partial charge in [-0.1, -0.05) is 30.3 Å². The second-order valence-corrected chi connectivity index (χ2v) is 12.0. The van der Waals surface area contributed by atoms with Crippen molar-refractivity contribution < 1.29 is 0 Å². The van der Waals surface area contributed by atoms with Crippen molar-refractivity contribution in [3.05, 3.63) is 65.0 Å². The van der Waals surface area contributed by atoms with Gasteiger partial charge >= 0.3 is 0 Å². The Hall–Kier alpha value is -3.43. The lowest BCUT2D eigenvalue weighted by Crippen LogP contribution is -2.39. The molecule has 3 aliphatic heterocycles. The van der Waals surface area contributed by atoms with Crippen molar-refractivity contribution in [3.8, 4) is 10.6 Å². The monoisotopic (exact) mass is 527 g/mol. The molecule has 5 heterocycles. The van der Waals surface area contributed by atoms with Gasteiger partial charge in [0.1, 0.15) is 16.4 Å². The highest BCUT2D eigenvalue weighted by Gasteiger charge is 2.44. The van der Waals surface area contributed by atoms with Crippen LogP contribution >= 0.6 is 11.3 Å². The summed E-state index contributed by atoms with van der Waals surface area (Å²) in [5.41, 5.74) is 2.85. The fourth-order valence-electron chi connectivity index (χ4n) is 6.30. The largest absolute Gasteiger partial charge is 0.371 e. The zero-order chi connectivity index (χ0) is 25.5. The van der Waals surface area contributed by atoms with Crippen molar-refractivity contribution in [2.75, 3.05) is 54.4 Å². The van der Waals surface area contributed by atoms with Crippen LogP contribution < -0.4 is 26.0 Å². The molecule has 0 radical (unpaired) electrons. The van der Waals surface area contributed by atoms with Gasteiger partial charge in [0, 0.05) is 49.9 Å². The maximum absolute atomic E-state index is 13.7. The maximum atomic E-state index is 13.7. The lowest BCUT2D eigenvalue weighted by Gasteiger charge is -2.27. The molecule has 2 aromatic carbocycles. The third kappa shape index (κ3) is 4.43. The van der Waals surface area contributed by atoms with Gasteiger partial charge in [-0.3, -0.25) is 9.78 Å². The maximum Gasteiger partial charge on any atom is 0.264 e. The number of thiazole rings is 1. The number of H-pyrrole nitrogens is 1. The summed E-state index contributed by atoms with van der Waals surface area (Å²) < 4.78 is 1.07. The predicted molar refractivity (Wildman–Crippen MR) is 156 cm³/mol. The van der Waals surface area contributed by atoms with E-state index in [2.05, 4.69) is 61.8 Å². The van der Waals surface area contributed by atoms with Crippen LogP contribution in [0.5, 0.6) is 0 Å². The van der Waals surface area contributed by atoms with Crippen LogP contribution in [-0.4, -0.2) is 60.3 Å². The third-order valence-electron chi connectivity index (χ3n) is 8.35. The van der Waals surface area contributed by atoms with Gasteiger partial charge in [0.2, 0.25) is 5.95 Å². The van der Waals surface area contributed by atoms with Gasteiger partial charge in [-0.2, -0.15) is 4.98 Å². The number of fused-ring (bicyclic) bond motifs is 1. The Labute approximate surface area is 226 Å². The molecule has 1 unspecified atom stereocenters. The first-order valence-corrected chi connectivity index (χ1v) is 14.5. The summed E-state index contributed by atoms with van der Waals surface area (Å²) in [6, 6.07) is 19.0. The first kappa shape index (κ1) is 23.7. The van der Waals surface area contributed by atoms with E-state index in [1.807, 2.05) is 18.2 Å². The van der Waals surface area contributed by atoms with Gasteiger partial charge in [0.15, 0.2) is 0 Å². The summed E-state index contributed by atoms with van der Waals surface area (Å²) in [4.78, 5) is 31.5. The molecule has 2 aromatic heterocycles. The molecule has 38 heavy (non-hydrogen) atoms. The number of para-hydroxylation sites is 2. The number of hydrogen-bond donors (Lipinski definition) is 3. The summed E-state index contributed by atoms with van der Waals surface area (Å²) in [7, 11) is 0. The Kier molecular flexibility index (Phi) is 6.05. The topological polar surface area (TPSA) is 89.2 Å². The second-order valence-electron chi connectivity index (χ2n) is 11.0. The molecule has 3 saturated heterocycles. The fourth-order valence-corrected chi connectivity index (χ4v) is 7.31. The van der Waals surface area contributed by atoms with Gasteiger partial charge in [-0.05, 0) is 56.5 Å². The molecule has 7 rings (SSSR count).